The van der Waals surface area contributed by atoms with Crippen LogP contribution in [0.1, 0.15) is 43.0 Å². The number of hydrogen-bond acceptors (Lipinski definition) is 4. The zero-order valence-corrected chi connectivity index (χ0v) is 15.5. The van der Waals surface area contributed by atoms with Gasteiger partial charge < -0.3 is 19.3 Å². The van der Waals surface area contributed by atoms with Crippen LogP contribution >= 0.6 is 0 Å². The first-order valence-corrected chi connectivity index (χ1v) is 9.61. The molecular weight excluding hydrogens is 332 g/mol. The van der Waals surface area contributed by atoms with Crippen LogP contribution in [-0.4, -0.2) is 67.1 Å². The highest BCUT2D eigenvalue weighted by Gasteiger charge is 2.30. The molecule has 2 aliphatic heterocycles. The van der Waals surface area contributed by atoms with E-state index in [9.17, 15) is 9.59 Å². The molecule has 2 aliphatic rings. The van der Waals surface area contributed by atoms with Crippen molar-refractivity contribution in [3.8, 4) is 5.75 Å². The van der Waals surface area contributed by atoms with E-state index in [4.69, 9.17) is 9.47 Å². The number of benzene rings is 1. The third kappa shape index (κ3) is 4.55. The number of carbonyl (C=O) groups excluding carboxylic acids is 2. The zero-order valence-electron chi connectivity index (χ0n) is 15.5. The lowest BCUT2D eigenvalue weighted by atomic mass is 10.2. The van der Waals surface area contributed by atoms with Crippen LogP contribution in [0.15, 0.2) is 24.3 Å². The Morgan fingerprint density at radius 1 is 1.08 bits per heavy atom. The maximum atomic E-state index is 12.8. The number of hydrogen-bond donors (Lipinski definition) is 0. The zero-order chi connectivity index (χ0) is 18.4. The molecule has 0 spiro atoms. The maximum Gasteiger partial charge on any atom is 0.253 e. The Morgan fingerprint density at radius 3 is 2.50 bits per heavy atom. The van der Waals surface area contributed by atoms with Gasteiger partial charge >= 0.3 is 0 Å². The predicted octanol–water partition coefficient (Wildman–Crippen LogP) is 2.33. The minimum Gasteiger partial charge on any atom is -0.494 e. The van der Waals surface area contributed by atoms with Crippen molar-refractivity contribution in [2.45, 2.75) is 38.7 Å². The molecule has 0 aromatic heterocycles. The second-order valence-electron chi connectivity index (χ2n) is 6.85. The van der Waals surface area contributed by atoms with Gasteiger partial charge in [0.15, 0.2) is 0 Å². The summed E-state index contributed by atoms with van der Waals surface area (Å²) >= 11 is 0. The average Bonchev–Trinajstić information content (AvgIpc) is 3.10. The smallest absolute Gasteiger partial charge is 0.253 e. The average molecular weight is 360 g/mol. The van der Waals surface area contributed by atoms with Crippen molar-refractivity contribution in [2.24, 2.45) is 0 Å². The Morgan fingerprint density at radius 2 is 1.81 bits per heavy atom. The summed E-state index contributed by atoms with van der Waals surface area (Å²) in [5.74, 6) is 0.875. The van der Waals surface area contributed by atoms with Gasteiger partial charge in [0.1, 0.15) is 11.9 Å². The topological polar surface area (TPSA) is 59.1 Å². The molecular formula is C20H28N2O4. The minimum atomic E-state index is -0.284. The standard InChI is InChI=1S/C20H28N2O4/c1-2-14-25-17-8-6-16(7-9-17)19(23)21-10-4-11-22(13-12-21)20(24)18-5-3-15-26-18/h6-9,18H,2-5,10-15H2,1H3. The monoisotopic (exact) mass is 360 g/mol. The molecule has 2 saturated heterocycles. The molecule has 1 aromatic carbocycles. The fourth-order valence-electron chi connectivity index (χ4n) is 3.41. The highest BCUT2D eigenvalue weighted by Crippen LogP contribution is 2.18. The summed E-state index contributed by atoms with van der Waals surface area (Å²) < 4.78 is 11.1. The lowest BCUT2D eigenvalue weighted by molar-refractivity contribution is -0.140. The second-order valence-corrected chi connectivity index (χ2v) is 6.85. The van der Waals surface area contributed by atoms with Gasteiger partial charge in [0.25, 0.3) is 11.8 Å². The van der Waals surface area contributed by atoms with Gasteiger partial charge in [-0.3, -0.25) is 9.59 Å². The Kier molecular flexibility index (Phi) is 6.50. The van der Waals surface area contributed by atoms with E-state index in [-0.39, 0.29) is 17.9 Å². The highest BCUT2D eigenvalue weighted by atomic mass is 16.5. The van der Waals surface area contributed by atoms with Crippen LogP contribution in [-0.2, 0) is 9.53 Å². The first kappa shape index (κ1) is 18.7. The lowest BCUT2D eigenvalue weighted by Gasteiger charge is -2.24. The van der Waals surface area contributed by atoms with Crippen molar-refractivity contribution in [1.29, 1.82) is 0 Å². The summed E-state index contributed by atoms with van der Waals surface area (Å²) in [6.45, 7) is 5.90. The van der Waals surface area contributed by atoms with Gasteiger partial charge in [-0.15, -0.1) is 0 Å². The summed E-state index contributed by atoms with van der Waals surface area (Å²) in [4.78, 5) is 29.0. The van der Waals surface area contributed by atoms with Gasteiger partial charge in [0.2, 0.25) is 0 Å². The SMILES string of the molecule is CCCOc1ccc(C(=O)N2CCCN(C(=O)C3CCCO3)CC2)cc1. The highest BCUT2D eigenvalue weighted by molar-refractivity contribution is 5.94. The van der Waals surface area contributed by atoms with Crippen LogP contribution in [0.3, 0.4) is 0 Å². The molecule has 0 saturated carbocycles. The molecule has 2 fully saturated rings. The van der Waals surface area contributed by atoms with Crippen LogP contribution in [0.4, 0.5) is 0 Å². The van der Waals surface area contributed by atoms with Gasteiger partial charge in [-0.2, -0.15) is 0 Å². The fourth-order valence-corrected chi connectivity index (χ4v) is 3.41. The van der Waals surface area contributed by atoms with Gasteiger partial charge in [-0.05, 0) is 49.9 Å². The Balaban J connectivity index is 1.56. The van der Waals surface area contributed by atoms with Crippen LogP contribution in [0.2, 0.25) is 0 Å². The minimum absolute atomic E-state index is 0.0125. The van der Waals surface area contributed by atoms with Crippen molar-refractivity contribution < 1.29 is 19.1 Å². The predicted molar refractivity (Wildman–Crippen MR) is 98.3 cm³/mol. The molecule has 6 heteroatoms. The number of rotatable bonds is 5. The molecule has 3 rings (SSSR count). The normalized spacial score (nSPS) is 20.7. The van der Waals surface area contributed by atoms with Crippen LogP contribution in [0.25, 0.3) is 0 Å². The summed E-state index contributed by atoms with van der Waals surface area (Å²) in [5.41, 5.74) is 0.660. The molecule has 1 aromatic rings. The Labute approximate surface area is 155 Å². The van der Waals surface area contributed by atoms with Crippen molar-refractivity contribution in [1.82, 2.24) is 9.80 Å². The first-order valence-electron chi connectivity index (χ1n) is 9.61. The van der Waals surface area contributed by atoms with E-state index in [0.29, 0.717) is 45.0 Å². The van der Waals surface area contributed by atoms with E-state index < -0.39 is 0 Å². The summed E-state index contributed by atoms with van der Waals surface area (Å²) in [7, 11) is 0. The van der Waals surface area contributed by atoms with Crippen molar-refractivity contribution in [3.63, 3.8) is 0 Å². The van der Waals surface area contributed by atoms with Gasteiger partial charge in [0.05, 0.1) is 6.61 Å². The second kappa shape index (κ2) is 9.03. The molecule has 2 heterocycles. The molecule has 142 valence electrons. The van der Waals surface area contributed by atoms with E-state index in [1.54, 1.807) is 0 Å². The quantitative estimate of drug-likeness (QED) is 0.809. The van der Waals surface area contributed by atoms with Crippen LogP contribution in [0.5, 0.6) is 5.75 Å². The third-order valence-electron chi connectivity index (χ3n) is 4.87. The summed E-state index contributed by atoms with van der Waals surface area (Å²) in [6.07, 6.45) is 3.22. The van der Waals surface area contributed by atoms with Gasteiger partial charge in [-0.25, -0.2) is 0 Å². The van der Waals surface area contributed by atoms with Crippen molar-refractivity contribution in [2.75, 3.05) is 39.4 Å². The van der Waals surface area contributed by atoms with E-state index in [1.807, 2.05) is 34.1 Å². The van der Waals surface area contributed by atoms with E-state index in [2.05, 4.69) is 6.92 Å². The summed E-state index contributed by atoms with van der Waals surface area (Å²) in [6, 6.07) is 7.31. The van der Waals surface area contributed by atoms with Crippen LogP contribution in [0, 0.1) is 0 Å². The van der Waals surface area contributed by atoms with E-state index >= 15 is 0 Å². The molecule has 0 bridgehead atoms. The molecule has 0 radical (unpaired) electrons. The molecule has 1 unspecified atom stereocenters. The number of nitrogens with zero attached hydrogens (tertiary/aromatic N) is 2. The van der Waals surface area contributed by atoms with E-state index in [0.717, 1.165) is 31.4 Å². The fraction of sp³-hybridized carbons (Fsp3) is 0.600. The maximum absolute atomic E-state index is 12.8. The molecule has 1 atom stereocenters. The molecule has 2 amide bonds. The lowest BCUT2D eigenvalue weighted by Crippen LogP contribution is -2.41. The molecule has 6 nitrogen and oxygen atoms in total. The molecule has 0 aliphatic carbocycles. The largest absolute Gasteiger partial charge is 0.494 e. The number of carbonyl (C=O) groups is 2. The van der Waals surface area contributed by atoms with E-state index in [1.165, 1.54) is 0 Å². The third-order valence-corrected chi connectivity index (χ3v) is 4.87. The Bertz CT molecular complexity index is 611. The van der Waals surface area contributed by atoms with Gasteiger partial charge in [-0.1, -0.05) is 6.92 Å². The Hall–Kier alpha value is -2.08. The summed E-state index contributed by atoms with van der Waals surface area (Å²) in [5, 5.41) is 0. The number of ether oxygens (including phenoxy) is 2. The first-order chi connectivity index (χ1) is 12.7. The van der Waals surface area contributed by atoms with Crippen molar-refractivity contribution in [3.05, 3.63) is 29.8 Å². The van der Waals surface area contributed by atoms with Crippen LogP contribution < -0.4 is 4.74 Å². The van der Waals surface area contributed by atoms with Crippen molar-refractivity contribution >= 4 is 11.8 Å². The molecule has 26 heavy (non-hydrogen) atoms. The number of amides is 2. The van der Waals surface area contributed by atoms with Gasteiger partial charge in [0, 0.05) is 38.3 Å². The molecule has 0 N–H and O–H groups in total.